The molecule has 0 aliphatic rings. The quantitative estimate of drug-likeness (QED) is 0.684. The molecular weight excluding hydrogens is 280 g/mol. The Morgan fingerprint density at radius 3 is 2.67 bits per heavy atom. The Labute approximate surface area is 127 Å². The van der Waals surface area contributed by atoms with Gasteiger partial charge in [0.1, 0.15) is 5.01 Å². The minimum atomic E-state index is 0.0523. The van der Waals surface area contributed by atoms with Gasteiger partial charge in [0, 0.05) is 28.4 Å². The van der Waals surface area contributed by atoms with Crippen LogP contribution < -0.4 is 0 Å². The molecule has 0 radical (unpaired) electrons. The van der Waals surface area contributed by atoms with Gasteiger partial charge in [0.25, 0.3) is 0 Å². The summed E-state index contributed by atoms with van der Waals surface area (Å²) in [7, 11) is 0. The number of rotatable bonds is 4. The molecule has 0 saturated heterocycles. The first-order chi connectivity index (χ1) is 10.2. The van der Waals surface area contributed by atoms with E-state index in [0.29, 0.717) is 12.0 Å². The van der Waals surface area contributed by atoms with Crippen LogP contribution in [0.1, 0.15) is 21.1 Å². The van der Waals surface area contributed by atoms with Gasteiger partial charge >= 0.3 is 0 Å². The van der Waals surface area contributed by atoms with Gasteiger partial charge in [-0.25, -0.2) is 4.98 Å². The van der Waals surface area contributed by atoms with E-state index in [1.54, 1.807) is 6.20 Å². The Balaban J connectivity index is 1.75. The van der Waals surface area contributed by atoms with Crippen molar-refractivity contribution in [2.45, 2.75) is 13.3 Å². The van der Waals surface area contributed by atoms with Crippen molar-refractivity contribution >= 4 is 17.1 Å². The number of thiazole rings is 1. The van der Waals surface area contributed by atoms with Crippen LogP contribution in [0, 0.1) is 6.92 Å². The molecule has 0 aliphatic carbocycles. The maximum atomic E-state index is 12.2. The normalized spacial score (nSPS) is 10.5. The highest BCUT2D eigenvalue weighted by Crippen LogP contribution is 2.22. The first-order valence-electron chi connectivity index (χ1n) is 6.68. The average Bonchev–Trinajstić information content (AvgIpc) is 2.97. The zero-order chi connectivity index (χ0) is 14.7. The van der Waals surface area contributed by atoms with Crippen LogP contribution in [-0.4, -0.2) is 15.8 Å². The largest absolute Gasteiger partial charge is 0.294 e. The van der Waals surface area contributed by atoms with Crippen LogP contribution in [0.4, 0.5) is 0 Å². The first kappa shape index (κ1) is 13.6. The van der Waals surface area contributed by atoms with Crippen LogP contribution in [0.3, 0.4) is 0 Å². The van der Waals surface area contributed by atoms with E-state index in [1.165, 1.54) is 11.3 Å². The van der Waals surface area contributed by atoms with Gasteiger partial charge in [0.2, 0.25) is 0 Å². The molecule has 1 aromatic carbocycles. The molecule has 0 amide bonds. The van der Waals surface area contributed by atoms with E-state index in [9.17, 15) is 4.79 Å². The molecule has 0 bridgehead atoms. The lowest BCUT2D eigenvalue weighted by Gasteiger charge is -1.99. The van der Waals surface area contributed by atoms with Crippen molar-refractivity contribution in [1.29, 1.82) is 0 Å². The molecule has 0 fully saturated rings. The van der Waals surface area contributed by atoms with Crippen LogP contribution in [0.2, 0.25) is 0 Å². The molecule has 0 aliphatic heterocycles. The monoisotopic (exact) mass is 294 g/mol. The zero-order valence-corrected chi connectivity index (χ0v) is 12.4. The number of nitrogens with zero attached hydrogens (tertiary/aromatic N) is 2. The van der Waals surface area contributed by atoms with Crippen LogP contribution >= 0.6 is 11.3 Å². The van der Waals surface area contributed by atoms with Gasteiger partial charge in [-0.2, -0.15) is 0 Å². The molecule has 0 unspecified atom stereocenters. The standard InChI is InChI=1S/C17H14N2OS/c1-12-7-8-14(10-18-12)16(20)9-17-19-15(11-21-17)13-5-3-2-4-6-13/h2-8,10-11H,9H2,1H3. The highest BCUT2D eigenvalue weighted by atomic mass is 32.1. The third-order valence-electron chi connectivity index (χ3n) is 3.17. The van der Waals surface area contributed by atoms with Crippen molar-refractivity contribution in [2.24, 2.45) is 0 Å². The highest BCUT2D eigenvalue weighted by molar-refractivity contribution is 7.10. The number of hydrogen-bond donors (Lipinski definition) is 0. The molecule has 0 N–H and O–H groups in total. The summed E-state index contributed by atoms with van der Waals surface area (Å²) in [6.45, 7) is 1.90. The summed E-state index contributed by atoms with van der Waals surface area (Å²) < 4.78 is 0. The molecule has 104 valence electrons. The Kier molecular flexibility index (Phi) is 3.88. The lowest BCUT2D eigenvalue weighted by atomic mass is 10.1. The molecule has 3 nitrogen and oxygen atoms in total. The minimum Gasteiger partial charge on any atom is -0.294 e. The molecule has 3 rings (SSSR count). The first-order valence-corrected chi connectivity index (χ1v) is 7.56. The van der Waals surface area contributed by atoms with E-state index in [0.717, 1.165) is 22.0 Å². The summed E-state index contributed by atoms with van der Waals surface area (Å²) in [4.78, 5) is 20.9. The van der Waals surface area contributed by atoms with E-state index in [-0.39, 0.29) is 5.78 Å². The fourth-order valence-electron chi connectivity index (χ4n) is 2.01. The third-order valence-corrected chi connectivity index (χ3v) is 4.02. The van der Waals surface area contributed by atoms with E-state index in [4.69, 9.17) is 0 Å². The Bertz CT molecular complexity index is 748. The van der Waals surface area contributed by atoms with Gasteiger partial charge in [-0.1, -0.05) is 30.3 Å². The minimum absolute atomic E-state index is 0.0523. The maximum absolute atomic E-state index is 12.2. The van der Waals surface area contributed by atoms with Crippen LogP contribution in [0.5, 0.6) is 0 Å². The summed E-state index contributed by atoms with van der Waals surface area (Å²) in [5.74, 6) is 0.0523. The van der Waals surface area contributed by atoms with Gasteiger partial charge < -0.3 is 0 Å². The zero-order valence-electron chi connectivity index (χ0n) is 11.6. The number of carbonyl (C=O) groups excluding carboxylic acids is 1. The number of carbonyl (C=O) groups is 1. The van der Waals surface area contributed by atoms with Gasteiger partial charge in [-0.3, -0.25) is 9.78 Å². The van der Waals surface area contributed by atoms with Crippen molar-refractivity contribution < 1.29 is 4.79 Å². The number of pyridine rings is 1. The number of ketones is 1. The molecule has 3 aromatic rings. The predicted molar refractivity (Wildman–Crippen MR) is 84.6 cm³/mol. The van der Waals surface area contributed by atoms with Crippen LogP contribution in [0.15, 0.2) is 54.0 Å². The Morgan fingerprint density at radius 1 is 1.14 bits per heavy atom. The Morgan fingerprint density at radius 2 is 1.95 bits per heavy atom. The van der Waals surface area contributed by atoms with Gasteiger partial charge in [-0.05, 0) is 19.1 Å². The fourth-order valence-corrected chi connectivity index (χ4v) is 2.81. The topological polar surface area (TPSA) is 42.9 Å². The summed E-state index contributed by atoms with van der Waals surface area (Å²) in [6.07, 6.45) is 1.95. The second-order valence-electron chi connectivity index (χ2n) is 4.78. The summed E-state index contributed by atoms with van der Waals surface area (Å²) >= 11 is 1.52. The number of aromatic nitrogens is 2. The van der Waals surface area contributed by atoms with E-state index >= 15 is 0 Å². The van der Waals surface area contributed by atoms with Gasteiger partial charge in [0.15, 0.2) is 5.78 Å². The van der Waals surface area contributed by atoms with Crippen molar-refractivity contribution in [2.75, 3.05) is 0 Å². The second kappa shape index (κ2) is 5.97. The number of aryl methyl sites for hydroxylation is 1. The smallest absolute Gasteiger partial charge is 0.171 e. The van der Waals surface area contributed by atoms with Crippen molar-refractivity contribution in [1.82, 2.24) is 9.97 Å². The van der Waals surface area contributed by atoms with E-state index < -0.39 is 0 Å². The van der Waals surface area contributed by atoms with Crippen molar-refractivity contribution in [3.05, 3.63) is 70.3 Å². The van der Waals surface area contributed by atoms with Crippen molar-refractivity contribution in [3.8, 4) is 11.3 Å². The summed E-state index contributed by atoms with van der Waals surface area (Å²) in [6, 6.07) is 13.6. The fraction of sp³-hybridized carbons (Fsp3) is 0.118. The molecule has 21 heavy (non-hydrogen) atoms. The molecular formula is C17H14N2OS. The van der Waals surface area contributed by atoms with Gasteiger partial charge in [0.05, 0.1) is 12.1 Å². The third kappa shape index (κ3) is 3.23. The van der Waals surface area contributed by atoms with E-state index in [2.05, 4.69) is 9.97 Å². The number of hydrogen-bond acceptors (Lipinski definition) is 4. The van der Waals surface area contributed by atoms with Crippen LogP contribution in [0.25, 0.3) is 11.3 Å². The molecule has 0 saturated carbocycles. The second-order valence-corrected chi connectivity index (χ2v) is 5.72. The van der Waals surface area contributed by atoms with E-state index in [1.807, 2.05) is 54.8 Å². The lowest BCUT2D eigenvalue weighted by Crippen LogP contribution is -2.04. The summed E-state index contributed by atoms with van der Waals surface area (Å²) in [5, 5.41) is 2.82. The Hall–Kier alpha value is -2.33. The predicted octanol–water partition coefficient (Wildman–Crippen LogP) is 3.94. The number of benzene rings is 1. The van der Waals surface area contributed by atoms with Gasteiger partial charge in [-0.15, -0.1) is 11.3 Å². The molecule has 0 atom stereocenters. The summed E-state index contributed by atoms with van der Waals surface area (Å²) in [5.41, 5.74) is 3.54. The average molecular weight is 294 g/mol. The molecule has 0 spiro atoms. The van der Waals surface area contributed by atoms with Crippen molar-refractivity contribution in [3.63, 3.8) is 0 Å². The molecule has 4 heteroatoms. The number of Topliss-reactive ketones (excluding diaryl/α,β-unsaturated/α-hetero) is 1. The lowest BCUT2D eigenvalue weighted by molar-refractivity contribution is 0.0992. The molecule has 2 aromatic heterocycles. The highest BCUT2D eigenvalue weighted by Gasteiger charge is 2.11. The maximum Gasteiger partial charge on any atom is 0.171 e. The molecule has 2 heterocycles. The van der Waals surface area contributed by atoms with Crippen LogP contribution in [-0.2, 0) is 6.42 Å². The SMILES string of the molecule is Cc1ccc(C(=O)Cc2nc(-c3ccccc3)cs2)cn1.